The first-order valence-corrected chi connectivity index (χ1v) is 11.7. The number of anilines is 1. The van der Waals surface area contributed by atoms with Crippen molar-refractivity contribution in [3.05, 3.63) is 57.5 Å². The number of amides is 2. The van der Waals surface area contributed by atoms with Gasteiger partial charge in [-0.2, -0.15) is 11.8 Å². The van der Waals surface area contributed by atoms with E-state index in [1.165, 1.54) is 0 Å². The van der Waals surface area contributed by atoms with Gasteiger partial charge < -0.3 is 10.6 Å². The average molecular weight is 478 g/mol. The molecular weight excluding hydrogens is 458 g/mol. The number of nitrogens with one attached hydrogen (secondary N) is 2. The summed E-state index contributed by atoms with van der Waals surface area (Å²) in [4.78, 5) is 29.9. The third kappa shape index (κ3) is 5.12. The zero-order chi connectivity index (χ0) is 20.1. The molecule has 2 aromatic carbocycles. The van der Waals surface area contributed by atoms with Crippen LogP contribution in [0, 0.1) is 6.92 Å². The Bertz CT molecular complexity index is 1010. The molecule has 3 rings (SSSR count). The molecule has 1 heterocycles. The fraction of sp³-hybridized carbons (Fsp3) is 0.250. The topological polar surface area (TPSA) is 71.1 Å². The maximum absolute atomic E-state index is 12.9. The molecule has 0 saturated carbocycles. The summed E-state index contributed by atoms with van der Waals surface area (Å²) in [5, 5.41) is 6.78. The molecule has 0 saturated heterocycles. The number of carbonyl (C=O) groups is 2. The lowest BCUT2D eigenvalue weighted by atomic mass is 10.1. The van der Waals surface area contributed by atoms with Crippen LogP contribution in [0.15, 0.2) is 46.9 Å². The number of hydrogen-bond donors (Lipinski definition) is 2. The third-order valence-corrected chi connectivity index (χ3v) is 6.38. The smallest absolute Gasteiger partial charge is 0.253 e. The van der Waals surface area contributed by atoms with Gasteiger partial charge in [-0.3, -0.25) is 9.59 Å². The molecule has 0 aliphatic carbocycles. The van der Waals surface area contributed by atoms with Gasteiger partial charge in [-0.05, 0) is 71.6 Å². The molecule has 0 bridgehead atoms. The Balaban J connectivity index is 1.74. The van der Waals surface area contributed by atoms with Gasteiger partial charge in [-0.1, -0.05) is 12.1 Å². The molecule has 0 aliphatic rings. The van der Waals surface area contributed by atoms with Gasteiger partial charge in [0.2, 0.25) is 5.91 Å². The van der Waals surface area contributed by atoms with Crippen molar-refractivity contribution in [2.75, 3.05) is 17.3 Å². The molecule has 0 radical (unpaired) electrons. The number of thiazole rings is 1. The molecule has 3 aromatic rings. The number of hydrogen-bond acceptors (Lipinski definition) is 5. The van der Waals surface area contributed by atoms with Crippen molar-refractivity contribution < 1.29 is 9.59 Å². The molecule has 0 fully saturated rings. The van der Waals surface area contributed by atoms with Crippen molar-refractivity contribution >= 4 is 66.7 Å². The van der Waals surface area contributed by atoms with Crippen molar-refractivity contribution in [3.63, 3.8) is 0 Å². The third-order valence-electron chi connectivity index (χ3n) is 4.11. The van der Waals surface area contributed by atoms with Crippen LogP contribution >= 0.6 is 39.0 Å². The molecule has 1 atom stereocenters. The number of aromatic nitrogens is 1. The summed E-state index contributed by atoms with van der Waals surface area (Å²) in [6.45, 7) is 1.96. The largest absolute Gasteiger partial charge is 0.340 e. The standard InChI is InChI=1S/C20H20BrN3O2S2/c1-12-22-16-8-7-13(11-18(16)28-12)23-20(26)17(9-10-27-2)24-19(25)14-5-3-4-6-15(14)21/h3-8,11,17H,9-10H2,1-2H3,(H,23,26)(H,24,25). The van der Waals surface area contributed by atoms with Crippen LogP contribution in [0.2, 0.25) is 0 Å². The van der Waals surface area contributed by atoms with E-state index in [1.807, 2.05) is 37.4 Å². The minimum atomic E-state index is -0.619. The maximum Gasteiger partial charge on any atom is 0.253 e. The van der Waals surface area contributed by atoms with Gasteiger partial charge in [0.25, 0.3) is 5.91 Å². The van der Waals surface area contributed by atoms with Crippen LogP contribution in [-0.4, -0.2) is 34.8 Å². The maximum atomic E-state index is 12.9. The highest BCUT2D eigenvalue weighted by Crippen LogP contribution is 2.25. The quantitative estimate of drug-likeness (QED) is 0.509. The number of rotatable bonds is 7. The van der Waals surface area contributed by atoms with Crippen molar-refractivity contribution in [3.8, 4) is 0 Å². The van der Waals surface area contributed by atoms with E-state index in [0.29, 0.717) is 22.1 Å². The summed E-state index contributed by atoms with van der Waals surface area (Å²) in [6, 6.07) is 12.2. The number of aryl methyl sites for hydroxylation is 1. The molecule has 5 nitrogen and oxygen atoms in total. The highest BCUT2D eigenvalue weighted by atomic mass is 79.9. The minimum Gasteiger partial charge on any atom is -0.340 e. The normalized spacial score (nSPS) is 12.0. The second-order valence-corrected chi connectivity index (χ2v) is 9.27. The molecule has 1 unspecified atom stereocenters. The van der Waals surface area contributed by atoms with Gasteiger partial charge in [-0.15, -0.1) is 11.3 Å². The first-order valence-electron chi connectivity index (χ1n) is 8.70. The Morgan fingerprint density at radius 2 is 2.04 bits per heavy atom. The van der Waals surface area contributed by atoms with Crippen LogP contribution in [0.4, 0.5) is 5.69 Å². The van der Waals surface area contributed by atoms with Crippen molar-refractivity contribution in [1.29, 1.82) is 0 Å². The van der Waals surface area contributed by atoms with E-state index in [4.69, 9.17) is 0 Å². The fourth-order valence-electron chi connectivity index (χ4n) is 2.73. The van der Waals surface area contributed by atoms with Crippen LogP contribution < -0.4 is 10.6 Å². The second-order valence-electron chi connectivity index (χ2n) is 6.19. The number of carbonyl (C=O) groups excluding carboxylic acids is 2. The number of halogens is 1. The average Bonchev–Trinajstić information content (AvgIpc) is 3.04. The summed E-state index contributed by atoms with van der Waals surface area (Å²) >= 11 is 6.61. The fourth-order valence-corrected chi connectivity index (χ4v) is 4.54. The summed E-state index contributed by atoms with van der Waals surface area (Å²) in [6.07, 6.45) is 2.52. The van der Waals surface area contributed by atoms with Gasteiger partial charge in [0, 0.05) is 10.2 Å². The molecule has 1 aromatic heterocycles. The van der Waals surface area contributed by atoms with E-state index in [1.54, 1.807) is 41.3 Å². The minimum absolute atomic E-state index is 0.227. The summed E-state index contributed by atoms with van der Waals surface area (Å²) in [7, 11) is 0. The molecule has 8 heteroatoms. The highest BCUT2D eigenvalue weighted by Gasteiger charge is 2.22. The first kappa shape index (κ1) is 20.8. The molecule has 146 valence electrons. The van der Waals surface area contributed by atoms with E-state index in [0.717, 1.165) is 21.0 Å². The van der Waals surface area contributed by atoms with Gasteiger partial charge >= 0.3 is 0 Å². The monoisotopic (exact) mass is 477 g/mol. The molecule has 0 aliphatic heterocycles. The Morgan fingerprint density at radius 1 is 1.25 bits per heavy atom. The lowest BCUT2D eigenvalue weighted by molar-refractivity contribution is -0.118. The van der Waals surface area contributed by atoms with Gasteiger partial charge in [-0.25, -0.2) is 4.98 Å². The molecule has 0 spiro atoms. The van der Waals surface area contributed by atoms with Crippen molar-refractivity contribution in [1.82, 2.24) is 10.3 Å². The van der Waals surface area contributed by atoms with Crippen molar-refractivity contribution in [2.45, 2.75) is 19.4 Å². The van der Waals surface area contributed by atoms with E-state index in [2.05, 4.69) is 31.5 Å². The Morgan fingerprint density at radius 3 is 2.79 bits per heavy atom. The van der Waals surface area contributed by atoms with Crippen LogP contribution in [0.3, 0.4) is 0 Å². The van der Waals surface area contributed by atoms with Crippen LogP contribution in [0.1, 0.15) is 21.8 Å². The van der Waals surface area contributed by atoms with Gasteiger partial charge in [0.15, 0.2) is 0 Å². The van der Waals surface area contributed by atoms with Gasteiger partial charge in [0.05, 0.1) is 20.8 Å². The SMILES string of the molecule is CSCCC(NC(=O)c1ccccc1Br)C(=O)Nc1ccc2nc(C)sc2c1. The predicted molar refractivity (Wildman–Crippen MR) is 121 cm³/mol. The summed E-state index contributed by atoms with van der Waals surface area (Å²) in [5.74, 6) is 0.263. The Labute approximate surface area is 180 Å². The van der Waals surface area contributed by atoms with E-state index in [9.17, 15) is 9.59 Å². The number of thioether (sulfide) groups is 1. The zero-order valence-corrected chi connectivity index (χ0v) is 18.7. The van der Waals surface area contributed by atoms with E-state index >= 15 is 0 Å². The van der Waals surface area contributed by atoms with Crippen LogP contribution in [0.5, 0.6) is 0 Å². The molecule has 2 N–H and O–H groups in total. The van der Waals surface area contributed by atoms with Gasteiger partial charge in [0.1, 0.15) is 6.04 Å². The Kier molecular flexibility index (Phi) is 7.09. The molecule has 28 heavy (non-hydrogen) atoms. The molecular formula is C20H20BrN3O2S2. The number of benzene rings is 2. The Hall–Kier alpha value is -1.90. The van der Waals surface area contributed by atoms with E-state index in [-0.39, 0.29) is 11.8 Å². The molecule has 2 amide bonds. The lowest BCUT2D eigenvalue weighted by Crippen LogP contribution is -2.44. The lowest BCUT2D eigenvalue weighted by Gasteiger charge is -2.18. The first-order chi connectivity index (χ1) is 13.5. The van der Waals surface area contributed by atoms with Crippen molar-refractivity contribution in [2.24, 2.45) is 0 Å². The van der Waals surface area contributed by atoms with Crippen LogP contribution in [0.25, 0.3) is 10.2 Å². The van der Waals surface area contributed by atoms with Crippen LogP contribution in [-0.2, 0) is 4.79 Å². The number of nitrogens with zero attached hydrogens (tertiary/aromatic N) is 1. The van der Waals surface area contributed by atoms with E-state index < -0.39 is 6.04 Å². The summed E-state index contributed by atoms with van der Waals surface area (Å²) in [5.41, 5.74) is 2.12. The zero-order valence-electron chi connectivity index (χ0n) is 15.5. The summed E-state index contributed by atoms with van der Waals surface area (Å²) < 4.78 is 1.72. The number of fused-ring (bicyclic) bond motifs is 1. The second kappa shape index (κ2) is 9.54. The highest BCUT2D eigenvalue weighted by molar-refractivity contribution is 9.10. The predicted octanol–water partition coefficient (Wildman–Crippen LogP) is 4.86.